The minimum Gasteiger partial charge on any atom is -0.490 e. The van der Waals surface area contributed by atoms with Gasteiger partial charge in [0.05, 0.1) is 33.0 Å². The Labute approximate surface area is 447 Å². The van der Waals surface area contributed by atoms with Crippen molar-refractivity contribution < 1.29 is 45.3 Å². The van der Waals surface area contributed by atoms with Gasteiger partial charge in [-0.1, -0.05) is 12.1 Å². The van der Waals surface area contributed by atoms with Crippen LogP contribution in [0, 0.1) is 0 Å². The van der Waals surface area contributed by atoms with Gasteiger partial charge in [0.2, 0.25) is 11.9 Å². The van der Waals surface area contributed by atoms with E-state index in [-0.39, 0.29) is 31.3 Å². The number of hydrogen-bond acceptors (Lipinski definition) is 16. The molecule has 3 N–H and O–H groups in total. The molecule has 10 heterocycles. The highest BCUT2D eigenvalue weighted by Gasteiger charge is 2.43. The van der Waals surface area contributed by atoms with E-state index < -0.39 is 33.7 Å². The summed E-state index contributed by atoms with van der Waals surface area (Å²) in [6.07, 6.45) is 6.74. The Morgan fingerprint density at radius 2 is 1.01 bits per heavy atom. The van der Waals surface area contributed by atoms with Crippen molar-refractivity contribution in [2.75, 3.05) is 111 Å². The number of benzene rings is 2. The van der Waals surface area contributed by atoms with E-state index in [1.54, 1.807) is 0 Å². The van der Waals surface area contributed by atoms with Gasteiger partial charge in [-0.3, -0.25) is 13.2 Å². The molecule has 17 nitrogen and oxygen atoms in total. The lowest BCUT2D eigenvalue weighted by Crippen LogP contribution is -2.42. The number of nitrogens with one attached hydrogen (secondary N) is 3. The molecule has 76 heavy (non-hydrogen) atoms. The summed E-state index contributed by atoms with van der Waals surface area (Å²) in [5.41, 5.74) is 6.54. The quantitative estimate of drug-likeness (QED) is 0.175. The Morgan fingerprint density at radius 1 is 0.579 bits per heavy atom. The van der Waals surface area contributed by atoms with E-state index in [1.807, 2.05) is 18.2 Å². The Morgan fingerprint density at radius 3 is 1.49 bits per heavy atom. The van der Waals surface area contributed by atoms with Crippen molar-refractivity contribution in [3.63, 3.8) is 0 Å². The molecule has 2 unspecified atom stereocenters. The molecule has 2 aromatic carbocycles. The highest BCUT2D eigenvalue weighted by atomic mass is 32.2. The first kappa shape index (κ1) is 52.9. The molecule has 0 aliphatic carbocycles. The van der Waals surface area contributed by atoms with E-state index in [0.717, 1.165) is 165 Å². The van der Waals surface area contributed by atoms with Crippen molar-refractivity contribution in [1.82, 2.24) is 30.2 Å². The van der Waals surface area contributed by atoms with Gasteiger partial charge in [-0.15, -0.1) is 0 Å². The van der Waals surface area contributed by atoms with Gasteiger partial charge in [0, 0.05) is 128 Å². The van der Waals surface area contributed by atoms with Gasteiger partial charge in [0.15, 0.2) is 0 Å². The number of aryl methyl sites for hydroxylation is 2. The molecule has 2 atom stereocenters. The fourth-order valence-electron chi connectivity index (χ4n) is 11.5. The Kier molecular flexibility index (Phi) is 16.6. The molecule has 4 aromatic rings. The number of halogens is 3. The third-order valence-electron chi connectivity index (χ3n) is 15.9. The second-order valence-corrected chi connectivity index (χ2v) is 24.0. The molecule has 22 heteroatoms. The molecule has 4 fully saturated rings. The second kappa shape index (κ2) is 23.8. The van der Waals surface area contributed by atoms with E-state index in [4.69, 9.17) is 38.9 Å². The lowest BCUT2D eigenvalue weighted by atomic mass is 10.0. The predicted molar refractivity (Wildman–Crippen MR) is 284 cm³/mol. The van der Waals surface area contributed by atoms with Crippen LogP contribution in [0.5, 0.6) is 11.5 Å². The summed E-state index contributed by atoms with van der Waals surface area (Å²) in [4.78, 5) is 38.0. The van der Waals surface area contributed by atoms with Gasteiger partial charge >= 0.3 is 12.1 Å². The first-order valence-corrected chi connectivity index (χ1v) is 30.0. The molecule has 0 bridgehead atoms. The minimum absolute atomic E-state index is 0.0138. The summed E-state index contributed by atoms with van der Waals surface area (Å²) >= 11 is 0. The largest absolute Gasteiger partial charge is 0.490 e. The summed E-state index contributed by atoms with van der Waals surface area (Å²) in [5.74, 6) is 3.98. The molecule has 410 valence electrons. The highest BCUT2D eigenvalue weighted by molar-refractivity contribution is 7.85. The van der Waals surface area contributed by atoms with Crippen molar-refractivity contribution >= 4 is 51.0 Å². The number of alkyl halides is 3. The van der Waals surface area contributed by atoms with Crippen molar-refractivity contribution in [3.8, 4) is 11.5 Å². The standard InChI is InChI=1S/C28H34F3N5O4S.C26H35N5O3S/c29-28(30,31)26(37)35-10-3-18-1-2-22(17-19(18)4-11-35)40-21-5-12-36(13-6-21)27-33-23-9-16-41(38)24(23)25(34-27)32-20-7-14-39-15-8-20;32-35-16-9-23-24(35)25(28-20-7-14-33-15-8-20)30-26(29-23)31-12-5-21(6-13-31)34-22-2-1-18-3-10-27-11-4-19(18)17-22/h1-2,17,20-21H,3-16H2,(H,32,33,34);1-2,17,20-21,27H,3-16H2,(H,28,29,30). The fraction of sp³-hybridized carbons (Fsp3) is 0.611. The average molecular weight is 1090 g/mol. The van der Waals surface area contributed by atoms with Crippen LogP contribution in [0.15, 0.2) is 46.2 Å². The average Bonchev–Trinajstić information content (AvgIpc) is 3.85. The minimum atomic E-state index is -4.85. The summed E-state index contributed by atoms with van der Waals surface area (Å²) in [6, 6.07) is 12.8. The smallest absolute Gasteiger partial charge is 0.471 e. The normalized spacial score (nSPS) is 22.8. The van der Waals surface area contributed by atoms with Crippen LogP contribution in [0.2, 0.25) is 0 Å². The number of ether oxygens (including phenoxy) is 4. The van der Waals surface area contributed by atoms with Crippen molar-refractivity contribution in [1.29, 1.82) is 0 Å². The monoisotopic (exact) mass is 1090 g/mol. The molecule has 12 rings (SSSR count). The SMILES string of the molecule is O=C(N1CCc2ccc(OC3CCN(c4nc5c(c(NC6CCOCC6)n4)S(=O)CC5)CC3)cc2CC1)C(F)(F)F.O=S1CCc2nc(N3CCC(Oc4ccc5c(c4)CCNCC5)CC3)nc(NC3CCOCC3)c21. The highest BCUT2D eigenvalue weighted by Crippen LogP contribution is 2.35. The number of carbonyl (C=O) groups excluding carboxylic acids is 1. The van der Waals surface area contributed by atoms with Crippen molar-refractivity contribution in [2.24, 2.45) is 0 Å². The summed E-state index contributed by atoms with van der Waals surface area (Å²) in [6.45, 7) is 8.24. The van der Waals surface area contributed by atoms with E-state index in [1.165, 1.54) is 11.1 Å². The third-order valence-corrected chi connectivity index (χ3v) is 18.8. The van der Waals surface area contributed by atoms with Crippen LogP contribution in [0.3, 0.4) is 0 Å². The van der Waals surface area contributed by atoms with Gasteiger partial charge in [-0.25, -0.2) is 9.97 Å². The molecular formula is C54H69F3N10O7S2. The predicted octanol–water partition coefficient (Wildman–Crippen LogP) is 5.74. The van der Waals surface area contributed by atoms with Crippen LogP contribution < -0.4 is 35.2 Å². The number of amides is 1. The van der Waals surface area contributed by atoms with Gasteiger partial charge in [-0.05, 0) is 111 Å². The number of aromatic nitrogens is 4. The summed E-state index contributed by atoms with van der Waals surface area (Å²) in [7, 11) is -2.11. The number of hydrogen-bond donors (Lipinski definition) is 3. The number of carbonyl (C=O) groups is 1. The van der Waals surface area contributed by atoms with Crippen LogP contribution in [-0.2, 0) is 74.4 Å². The topological polar surface area (TPSA) is 186 Å². The molecule has 2 aromatic heterocycles. The van der Waals surface area contributed by atoms with Gasteiger partial charge in [0.1, 0.15) is 45.1 Å². The van der Waals surface area contributed by atoms with E-state index in [9.17, 15) is 26.4 Å². The Balaban J connectivity index is 0.000000164. The lowest BCUT2D eigenvalue weighted by Gasteiger charge is -2.33. The zero-order chi connectivity index (χ0) is 52.2. The number of rotatable bonds is 10. The van der Waals surface area contributed by atoms with E-state index >= 15 is 0 Å². The van der Waals surface area contributed by atoms with Crippen LogP contribution in [0.1, 0.15) is 85.0 Å². The third kappa shape index (κ3) is 12.6. The molecule has 4 saturated heterocycles. The van der Waals surface area contributed by atoms with Crippen molar-refractivity contribution in [3.05, 3.63) is 70.0 Å². The van der Waals surface area contributed by atoms with Gasteiger partial charge in [-0.2, -0.15) is 23.1 Å². The molecule has 0 spiro atoms. The fourth-order valence-corrected chi connectivity index (χ4v) is 14.2. The van der Waals surface area contributed by atoms with Crippen LogP contribution in [0.25, 0.3) is 0 Å². The second-order valence-electron chi connectivity index (χ2n) is 21.0. The maximum absolute atomic E-state index is 12.9. The molecule has 8 aliphatic rings. The molecule has 0 saturated carbocycles. The number of piperidine rings is 2. The summed E-state index contributed by atoms with van der Waals surface area (Å²) in [5, 5.41) is 10.6. The molecule has 8 aliphatic heterocycles. The number of fused-ring (bicyclic) bond motifs is 4. The van der Waals surface area contributed by atoms with Gasteiger partial charge < -0.3 is 49.6 Å². The summed E-state index contributed by atoms with van der Waals surface area (Å²) < 4.78 is 87.8. The van der Waals surface area contributed by atoms with E-state index in [2.05, 4.69) is 43.9 Å². The van der Waals surface area contributed by atoms with Crippen LogP contribution in [0.4, 0.5) is 36.7 Å². The Bertz CT molecular complexity index is 2770. The maximum Gasteiger partial charge on any atom is 0.471 e. The Hall–Kier alpha value is -5.16. The van der Waals surface area contributed by atoms with Crippen LogP contribution >= 0.6 is 0 Å². The molecule has 1 amide bonds. The number of anilines is 4. The van der Waals surface area contributed by atoms with E-state index in [0.29, 0.717) is 80.6 Å². The molecule has 0 radical (unpaired) electrons. The maximum atomic E-state index is 12.9. The zero-order valence-corrected chi connectivity index (χ0v) is 44.6. The van der Waals surface area contributed by atoms with Crippen LogP contribution in [-0.4, -0.2) is 160 Å². The number of nitrogens with zero attached hydrogens (tertiary/aromatic N) is 7. The first-order valence-electron chi connectivity index (χ1n) is 27.4. The van der Waals surface area contributed by atoms with Gasteiger partial charge in [0.25, 0.3) is 0 Å². The van der Waals surface area contributed by atoms with Crippen molar-refractivity contribution in [2.45, 2.75) is 130 Å². The molecular weight excluding hydrogens is 1020 g/mol. The first-order chi connectivity index (χ1) is 37.0. The lowest BCUT2D eigenvalue weighted by molar-refractivity contribution is -0.185. The zero-order valence-electron chi connectivity index (χ0n) is 43.0.